The Morgan fingerprint density at radius 1 is 1.31 bits per heavy atom. The molecular weight excluding hydrogens is 208 g/mol. The smallest absolute Gasteiger partial charge is 0.358 e. The van der Waals surface area contributed by atoms with Gasteiger partial charge < -0.3 is 5.73 Å². The number of nitrogen functional groups attached to an aromatic ring is 1. The minimum absolute atomic E-state index is 0.0442. The standard InChI is InChI=1S/C10H8N4O2/c11-8-2-5-13(6-3-8)9-1-4-12-7-10(9)14(15)16/h1-7,11H/p+1. The molecule has 0 saturated carbocycles. The minimum atomic E-state index is -0.467. The van der Waals surface area contributed by atoms with Gasteiger partial charge in [-0.15, -0.1) is 0 Å². The number of anilines is 1. The molecular formula is C10H9N4O2+. The molecule has 0 aliphatic carbocycles. The topological polar surface area (TPSA) is 85.9 Å². The van der Waals surface area contributed by atoms with Crippen molar-refractivity contribution in [2.45, 2.75) is 0 Å². The zero-order valence-corrected chi connectivity index (χ0v) is 8.28. The molecule has 2 aromatic rings. The third kappa shape index (κ3) is 1.81. The fourth-order valence-corrected chi connectivity index (χ4v) is 1.34. The first kappa shape index (κ1) is 10.0. The summed E-state index contributed by atoms with van der Waals surface area (Å²) in [6, 6.07) is 4.92. The Morgan fingerprint density at radius 3 is 2.62 bits per heavy atom. The monoisotopic (exact) mass is 217 g/mol. The second kappa shape index (κ2) is 3.93. The van der Waals surface area contributed by atoms with Gasteiger partial charge in [0.25, 0.3) is 5.69 Å². The average molecular weight is 217 g/mol. The summed E-state index contributed by atoms with van der Waals surface area (Å²) in [5, 5.41) is 10.8. The van der Waals surface area contributed by atoms with Gasteiger partial charge in [-0.2, -0.15) is 4.57 Å². The van der Waals surface area contributed by atoms with Crippen LogP contribution in [0.3, 0.4) is 0 Å². The zero-order valence-electron chi connectivity index (χ0n) is 8.28. The van der Waals surface area contributed by atoms with Crippen LogP contribution in [-0.2, 0) is 0 Å². The second-order valence-corrected chi connectivity index (χ2v) is 3.16. The van der Waals surface area contributed by atoms with Crippen molar-refractivity contribution in [1.82, 2.24) is 4.98 Å². The van der Waals surface area contributed by atoms with Crippen molar-refractivity contribution >= 4 is 11.4 Å². The summed E-state index contributed by atoms with van der Waals surface area (Å²) in [6.07, 6.45) is 6.06. The number of pyridine rings is 2. The van der Waals surface area contributed by atoms with Gasteiger partial charge >= 0.3 is 5.69 Å². The molecule has 0 amide bonds. The van der Waals surface area contributed by atoms with Gasteiger partial charge in [-0.25, -0.2) is 0 Å². The SMILES string of the molecule is Nc1cc[n+](-c2ccncc2[N+](=O)[O-])cc1. The van der Waals surface area contributed by atoms with E-state index in [9.17, 15) is 10.1 Å². The molecule has 2 N–H and O–H groups in total. The van der Waals surface area contributed by atoms with E-state index in [4.69, 9.17) is 5.73 Å². The van der Waals surface area contributed by atoms with Gasteiger partial charge in [0, 0.05) is 30.1 Å². The molecule has 0 saturated heterocycles. The lowest BCUT2D eigenvalue weighted by molar-refractivity contribution is -0.600. The molecule has 6 heteroatoms. The van der Waals surface area contributed by atoms with Crippen molar-refractivity contribution in [3.05, 3.63) is 53.1 Å². The van der Waals surface area contributed by atoms with Crippen LogP contribution in [0, 0.1) is 10.1 Å². The van der Waals surface area contributed by atoms with E-state index < -0.39 is 4.92 Å². The van der Waals surface area contributed by atoms with E-state index in [2.05, 4.69) is 4.98 Å². The Hall–Kier alpha value is -2.50. The number of hydrogen-bond donors (Lipinski definition) is 1. The van der Waals surface area contributed by atoms with Crippen LogP contribution < -0.4 is 10.3 Å². The Balaban J connectivity index is 2.55. The molecule has 2 rings (SSSR count). The van der Waals surface area contributed by atoms with Crippen LogP contribution in [0.25, 0.3) is 5.69 Å². The lowest BCUT2D eigenvalue weighted by Gasteiger charge is -1.96. The summed E-state index contributed by atoms with van der Waals surface area (Å²) in [6.45, 7) is 0. The van der Waals surface area contributed by atoms with Crippen molar-refractivity contribution in [1.29, 1.82) is 0 Å². The number of nitrogens with zero attached hydrogens (tertiary/aromatic N) is 3. The van der Waals surface area contributed by atoms with Crippen molar-refractivity contribution in [2.24, 2.45) is 0 Å². The Kier molecular flexibility index (Phi) is 2.47. The van der Waals surface area contributed by atoms with Gasteiger partial charge in [0.15, 0.2) is 12.4 Å². The van der Waals surface area contributed by atoms with Crippen LogP contribution in [0.5, 0.6) is 0 Å². The van der Waals surface area contributed by atoms with E-state index in [0.717, 1.165) is 0 Å². The molecule has 2 aromatic heterocycles. The largest absolute Gasteiger partial charge is 0.398 e. The van der Waals surface area contributed by atoms with E-state index >= 15 is 0 Å². The van der Waals surface area contributed by atoms with Gasteiger partial charge in [0.05, 0.1) is 4.92 Å². The van der Waals surface area contributed by atoms with E-state index in [0.29, 0.717) is 11.4 Å². The molecule has 0 spiro atoms. The van der Waals surface area contributed by atoms with Crippen molar-refractivity contribution < 1.29 is 9.49 Å². The fourth-order valence-electron chi connectivity index (χ4n) is 1.34. The summed E-state index contributed by atoms with van der Waals surface area (Å²) in [7, 11) is 0. The first-order valence-corrected chi connectivity index (χ1v) is 4.54. The van der Waals surface area contributed by atoms with E-state index in [1.54, 1.807) is 35.2 Å². The molecule has 0 atom stereocenters. The highest BCUT2D eigenvalue weighted by molar-refractivity contribution is 5.43. The van der Waals surface area contributed by atoms with Gasteiger partial charge in [-0.3, -0.25) is 15.1 Å². The molecule has 16 heavy (non-hydrogen) atoms. The highest BCUT2D eigenvalue weighted by atomic mass is 16.6. The Labute approximate surface area is 91.1 Å². The van der Waals surface area contributed by atoms with Gasteiger partial charge in [0.1, 0.15) is 6.20 Å². The molecule has 2 heterocycles. The maximum Gasteiger partial charge on any atom is 0.358 e. The predicted molar refractivity (Wildman–Crippen MR) is 56.8 cm³/mol. The third-order valence-electron chi connectivity index (χ3n) is 2.11. The molecule has 6 nitrogen and oxygen atoms in total. The number of nitrogens with two attached hydrogens (primary N) is 1. The van der Waals surface area contributed by atoms with Crippen LogP contribution in [0.15, 0.2) is 43.0 Å². The van der Waals surface area contributed by atoms with Crippen LogP contribution in [-0.4, -0.2) is 9.91 Å². The lowest BCUT2D eigenvalue weighted by Crippen LogP contribution is -2.30. The van der Waals surface area contributed by atoms with Crippen molar-refractivity contribution in [2.75, 3.05) is 5.73 Å². The van der Waals surface area contributed by atoms with Crippen molar-refractivity contribution in [3.63, 3.8) is 0 Å². The third-order valence-corrected chi connectivity index (χ3v) is 2.11. The minimum Gasteiger partial charge on any atom is -0.398 e. The first-order chi connectivity index (χ1) is 7.68. The second-order valence-electron chi connectivity index (χ2n) is 3.16. The summed E-state index contributed by atoms with van der Waals surface area (Å²) < 4.78 is 1.62. The Morgan fingerprint density at radius 2 is 2.00 bits per heavy atom. The number of hydrogen-bond acceptors (Lipinski definition) is 4. The molecule has 0 aliphatic heterocycles. The maximum absolute atomic E-state index is 10.8. The van der Waals surface area contributed by atoms with E-state index in [1.165, 1.54) is 12.4 Å². The van der Waals surface area contributed by atoms with Crippen LogP contribution in [0.1, 0.15) is 0 Å². The molecule has 0 unspecified atom stereocenters. The van der Waals surface area contributed by atoms with Crippen LogP contribution >= 0.6 is 0 Å². The van der Waals surface area contributed by atoms with Gasteiger partial charge in [-0.1, -0.05) is 0 Å². The maximum atomic E-state index is 10.8. The molecule has 0 fully saturated rings. The molecule has 0 bridgehead atoms. The summed E-state index contributed by atoms with van der Waals surface area (Å²) in [4.78, 5) is 14.1. The van der Waals surface area contributed by atoms with Crippen LogP contribution in [0.2, 0.25) is 0 Å². The first-order valence-electron chi connectivity index (χ1n) is 4.54. The number of rotatable bonds is 2. The predicted octanol–water partition coefficient (Wildman–Crippen LogP) is 0.849. The normalized spacial score (nSPS) is 10.0. The Bertz CT molecular complexity index is 525. The summed E-state index contributed by atoms with van der Waals surface area (Å²) >= 11 is 0. The molecule has 0 aliphatic rings. The summed E-state index contributed by atoms with van der Waals surface area (Å²) in [5.41, 5.74) is 6.56. The van der Waals surface area contributed by atoms with Gasteiger partial charge in [0.2, 0.25) is 0 Å². The highest BCUT2D eigenvalue weighted by Gasteiger charge is 2.21. The zero-order chi connectivity index (χ0) is 11.5. The highest BCUT2D eigenvalue weighted by Crippen LogP contribution is 2.15. The van der Waals surface area contributed by atoms with Gasteiger partial charge in [-0.05, 0) is 0 Å². The fraction of sp³-hybridized carbons (Fsp3) is 0. The van der Waals surface area contributed by atoms with Crippen LogP contribution in [0.4, 0.5) is 11.4 Å². The quantitative estimate of drug-likeness (QED) is 0.459. The molecule has 0 aromatic carbocycles. The molecule has 0 radical (unpaired) electrons. The summed E-state index contributed by atoms with van der Waals surface area (Å²) in [5.74, 6) is 0. The van der Waals surface area contributed by atoms with Crippen molar-refractivity contribution in [3.8, 4) is 5.69 Å². The van der Waals surface area contributed by atoms with E-state index in [1.807, 2.05) is 0 Å². The van der Waals surface area contributed by atoms with E-state index in [-0.39, 0.29) is 5.69 Å². The number of aromatic nitrogens is 2. The average Bonchev–Trinajstić information content (AvgIpc) is 2.30. The number of nitro groups is 1. The molecule has 80 valence electrons. The lowest BCUT2D eigenvalue weighted by atomic mass is 10.3.